The Morgan fingerprint density at radius 3 is 1.93 bits per heavy atom. The second-order valence-electron chi connectivity index (χ2n) is 21.3. The molecule has 0 bridgehead atoms. The summed E-state index contributed by atoms with van der Waals surface area (Å²) in [6.45, 7) is 11.3. The molecular formula is C42H70O15. The maximum absolute atomic E-state index is 12.0. The Bertz CT molecular complexity index is 1490. The number of aliphatic hydroxyl groups is 10. The summed E-state index contributed by atoms with van der Waals surface area (Å²) in [5.41, 5.74) is -2.71. The molecule has 2 spiro atoms. The molecule has 15 nitrogen and oxygen atoms in total. The Labute approximate surface area is 335 Å². The molecule has 3 saturated heterocycles. The maximum Gasteiger partial charge on any atom is 0.186 e. The van der Waals surface area contributed by atoms with Crippen molar-refractivity contribution in [3.05, 3.63) is 0 Å². The molecule has 3 aliphatic heterocycles. The molecule has 0 radical (unpaired) electrons. The van der Waals surface area contributed by atoms with Gasteiger partial charge in [-0.25, -0.2) is 0 Å². The molecule has 21 atom stereocenters. The van der Waals surface area contributed by atoms with Gasteiger partial charge in [0, 0.05) is 17.9 Å². The van der Waals surface area contributed by atoms with Crippen molar-refractivity contribution < 1.29 is 74.7 Å². The van der Waals surface area contributed by atoms with Crippen LogP contribution in [0.4, 0.5) is 0 Å². The van der Waals surface area contributed by atoms with Crippen LogP contribution in [0.2, 0.25) is 0 Å². The van der Waals surface area contributed by atoms with Gasteiger partial charge in [-0.05, 0) is 118 Å². The van der Waals surface area contributed by atoms with Crippen LogP contribution in [-0.2, 0) is 23.7 Å². The van der Waals surface area contributed by atoms with Crippen molar-refractivity contribution in [3.63, 3.8) is 0 Å². The zero-order valence-corrected chi connectivity index (χ0v) is 34.4. The molecule has 10 N–H and O–H groups in total. The zero-order valence-electron chi connectivity index (χ0n) is 34.4. The SMILES string of the molecule is CC(C)(O)[C@@H]1CC[C@](C)([C@@H]2[C@@H](O)C[C@@]3(C)[C@H]4CC[C@@H]5C(C)(C)[C@@H](O[C@@H]6O[C@H](CO[C@@H]7O[C@H](CO)[C@@H](O)[C@H](O)[C@H]7O)[C@@H](O)[C@H](O)[C@H]6O)CC[C@@]56C[C@@]46CC[C@]23CO)O1. The first-order chi connectivity index (χ1) is 26.6. The van der Waals surface area contributed by atoms with E-state index in [1.165, 1.54) is 0 Å². The second-order valence-corrected chi connectivity index (χ2v) is 21.3. The van der Waals surface area contributed by atoms with E-state index < -0.39 is 97.3 Å². The Kier molecular flexibility index (Phi) is 10.7. The summed E-state index contributed by atoms with van der Waals surface area (Å²) in [6, 6.07) is 0. The van der Waals surface area contributed by atoms with E-state index in [0.717, 1.165) is 44.9 Å². The highest BCUT2D eigenvalue weighted by molar-refractivity contribution is 5.32. The quantitative estimate of drug-likeness (QED) is 0.139. The van der Waals surface area contributed by atoms with Crippen LogP contribution in [0.15, 0.2) is 0 Å². The van der Waals surface area contributed by atoms with Crippen molar-refractivity contribution in [1.82, 2.24) is 0 Å². The lowest BCUT2D eigenvalue weighted by Crippen LogP contribution is -2.63. The summed E-state index contributed by atoms with van der Waals surface area (Å²) in [7, 11) is 0. The first-order valence-corrected chi connectivity index (χ1v) is 21.5. The summed E-state index contributed by atoms with van der Waals surface area (Å²) >= 11 is 0. The van der Waals surface area contributed by atoms with E-state index in [9.17, 15) is 51.1 Å². The Morgan fingerprint density at radius 2 is 1.30 bits per heavy atom. The van der Waals surface area contributed by atoms with Crippen LogP contribution in [0.25, 0.3) is 0 Å². The van der Waals surface area contributed by atoms with Gasteiger partial charge in [0.05, 0.1) is 42.7 Å². The van der Waals surface area contributed by atoms with Gasteiger partial charge in [-0.1, -0.05) is 20.8 Å². The fraction of sp³-hybridized carbons (Fsp3) is 1.00. The number of hydrogen-bond acceptors (Lipinski definition) is 15. The molecule has 8 fully saturated rings. The van der Waals surface area contributed by atoms with Gasteiger partial charge in [-0.15, -0.1) is 0 Å². The van der Waals surface area contributed by atoms with Crippen LogP contribution in [0, 0.1) is 44.8 Å². The van der Waals surface area contributed by atoms with Crippen molar-refractivity contribution in [3.8, 4) is 0 Å². The number of aliphatic hydroxyl groups excluding tert-OH is 9. The molecule has 0 aromatic heterocycles. The number of fused-ring (bicyclic) bond motifs is 2. The molecular weight excluding hydrogens is 744 g/mol. The molecule has 8 aliphatic rings. The normalized spacial score (nSPS) is 57.1. The van der Waals surface area contributed by atoms with E-state index in [4.69, 9.17) is 23.7 Å². The summed E-state index contributed by atoms with van der Waals surface area (Å²) in [5, 5.41) is 107. The van der Waals surface area contributed by atoms with Crippen LogP contribution in [-0.4, -0.2) is 162 Å². The predicted molar refractivity (Wildman–Crippen MR) is 200 cm³/mol. The molecule has 0 amide bonds. The number of ether oxygens (including phenoxy) is 5. The molecule has 5 aliphatic carbocycles. The average molecular weight is 815 g/mol. The molecule has 57 heavy (non-hydrogen) atoms. The smallest absolute Gasteiger partial charge is 0.186 e. The van der Waals surface area contributed by atoms with Gasteiger partial charge in [-0.2, -0.15) is 0 Å². The summed E-state index contributed by atoms with van der Waals surface area (Å²) in [4.78, 5) is 0. The first kappa shape index (κ1) is 43.1. The van der Waals surface area contributed by atoms with Crippen LogP contribution < -0.4 is 0 Å². The summed E-state index contributed by atoms with van der Waals surface area (Å²) in [5.74, 6) is 0.354. The van der Waals surface area contributed by atoms with Crippen molar-refractivity contribution in [2.24, 2.45) is 44.8 Å². The summed E-state index contributed by atoms with van der Waals surface area (Å²) < 4.78 is 30.4. The van der Waals surface area contributed by atoms with E-state index in [1.807, 2.05) is 0 Å². The van der Waals surface area contributed by atoms with E-state index >= 15 is 0 Å². The van der Waals surface area contributed by atoms with Crippen LogP contribution in [0.3, 0.4) is 0 Å². The van der Waals surface area contributed by atoms with Crippen molar-refractivity contribution >= 4 is 0 Å². The fourth-order valence-electron chi connectivity index (χ4n) is 15.1. The van der Waals surface area contributed by atoms with E-state index in [1.54, 1.807) is 13.8 Å². The summed E-state index contributed by atoms with van der Waals surface area (Å²) in [6.07, 6.45) is -7.77. The standard InChI is InChI=1S/C42H70O15/c1-36(2)23-7-8-24-38(5)15-20(45)33(39(6)11-9-26(57-39)37(3,4)52)42(38,19-44)14-13-41(24)18-40(23,41)12-10-25(36)56-35-32(51)30(49)28(47)22(55-35)17-53-34-31(50)29(48)27(46)21(16-43)54-34/h20-35,43-52H,7-19H2,1-6H3/t20-,21+,22+,23+,24+,25-,26-,27+,28+,29-,30-,31+,32+,33-,34+,35-,38-,39+,40+,41-,42-/m0/s1. The third kappa shape index (κ3) is 6.06. The second kappa shape index (κ2) is 14.2. The Hall–Kier alpha value is -0.600. The largest absolute Gasteiger partial charge is 0.396 e. The minimum Gasteiger partial charge on any atom is -0.396 e. The molecule has 5 saturated carbocycles. The lowest BCUT2D eigenvalue weighted by Gasteiger charge is -2.64. The van der Waals surface area contributed by atoms with Crippen LogP contribution in [0.1, 0.15) is 106 Å². The average Bonchev–Trinajstić information content (AvgIpc) is 3.51. The maximum atomic E-state index is 12.0. The molecule has 0 aromatic rings. The Morgan fingerprint density at radius 1 is 0.684 bits per heavy atom. The Balaban J connectivity index is 0.969. The zero-order chi connectivity index (χ0) is 41.5. The van der Waals surface area contributed by atoms with Gasteiger partial charge in [-0.3, -0.25) is 0 Å². The molecule has 0 unspecified atom stereocenters. The predicted octanol–water partition coefficient (Wildman–Crippen LogP) is 0.0866. The molecule has 15 heteroatoms. The van der Waals surface area contributed by atoms with E-state index in [2.05, 4.69) is 27.7 Å². The minimum absolute atomic E-state index is 0.0133. The molecule has 0 aromatic carbocycles. The lowest BCUT2D eigenvalue weighted by atomic mass is 9.41. The van der Waals surface area contributed by atoms with Gasteiger partial charge in [0.15, 0.2) is 12.6 Å². The van der Waals surface area contributed by atoms with Crippen LogP contribution >= 0.6 is 0 Å². The van der Waals surface area contributed by atoms with Crippen molar-refractivity contribution in [2.75, 3.05) is 19.8 Å². The molecule has 8 rings (SSSR count). The van der Waals surface area contributed by atoms with Gasteiger partial charge < -0.3 is 74.7 Å². The first-order valence-electron chi connectivity index (χ1n) is 21.5. The van der Waals surface area contributed by atoms with Gasteiger partial charge in [0.25, 0.3) is 0 Å². The number of rotatable bonds is 9. The monoisotopic (exact) mass is 814 g/mol. The van der Waals surface area contributed by atoms with Crippen molar-refractivity contribution in [1.29, 1.82) is 0 Å². The number of hydrogen-bond donors (Lipinski definition) is 10. The topological polar surface area (TPSA) is 248 Å². The van der Waals surface area contributed by atoms with Gasteiger partial charge in [0.2, 0.25) is 0 Å². The minimum atomic E-state index is -1.66. The lowest BCUT2D eigenvalue weighted by molar-refractivity contribution is -0.343. The third-order valence-electron chi connectivity index (χ3n) is 18.0. The third-order valence-corrected chi connectivity index (χ3v) is 18.0. The van der Waals surface area contributed by atoms with Gasteiger partial charge in [0.1, 0.15) is 48.8 Å². The van der Waals surface area contributed by atoms with Crippen molar-refractivity contribution in [2.45, 2.75) is 197 Å². The van der Waals surface area contributed by atoms with Crippen LogP contribution in [0.5, 0.6) is 0 Å². The highest BCUT2D eigenvalue weighted by Crippen LogP contribution is 2.89. The highest BCUT2D eigenvalue weighted by atomic mass is 16.7. The van der Waals surface area contributed by atoms with Gasteiger partial charge >= 0.3 is 0 Å². The highest BCUT2D eigenvalue weighted by Gasteiger charge is 2.84. The molecule has 3 heterocycles. The molecule has 328 valence electrons. The van der Waals surface area contributed by atoms with E-state index in [-0.39, 0.29) is 52.3 Å². The fourth-order valence-corrected chi connectivity index (χ4v) is 15.1. The van der Waals surface area contributed by atoms with E-state index in [0.29, 0.717) is 25.2 Å².